The molecule has 0 spiro atoms. The summed E-state index contributed by atoms with van der Waals surface area (Å²) in [6.07, 6.45) is 5.11. The van der Waals surface area contributed by atoms with E-state index in [-0.39, 0.29) is 11.8 Å². The van der Waals surface area contributed by atoms with Crippen LogP contribution in [0.1, 0.15) is 29.8 Å². The molecule has 28 heavy (non-hydrogen) atoms. The number of hydrogen-bond acceptors (Lipinski definition) is 4. The number of aromatic nitrogens is 2. The van der Waals surface area contributed by atoms with Crippen LogP contribution >= 0.6 is 0 Å². The monoisotopic (exact) mass is 372 g/mol. The van der Waals surface area contributed by atoms with E-state index in [0.717, 1.165) is 28.5 Å². The van der Waals surface area contributed by atoms with E-state index >= 15 is 0 Å². The van der Waals surface area contributed by atoms with Crippen molar-refractivity contribution in [2.75, 3.05) is 24.3 Å². The number of benzene rings is 2. The number of rotatable bonds is 6. The molecule has 1 atom stereocenters. The van der Waals surface area contributed by atoms with Crippen LogP contribution < -0.4 is 10.2 Å². The molecule has 5 heteroatoms. The summed E-state index contributed by atoms with van der Waals surface area (Å²) in [5.74, 6) is 1.55. The van der Waals surface area contributed by atoms with Crippen molar-refractivity contribution in [2.45, 2.75) is 12.8 Å². The lowest BCUT2D eigenvalue weighted by Crippen LogP contribution is -2.13. The van der Waals surface area contributed by atoms with Crippen LogP contribution in [0.2, 0.25) is 0 Å². The van der Waals surface area contributed by atoms with E-state index in [1.807, 2.05) is 79.7 Å². The summed E-state index contributed by atoms with van der Waals surface area (Å²) >= 11 is 0. The lowest BCUT2D eigenvalue weighted by Gasteiger charge is -2.15. The number of hydrogen-bond donors (Lipinski definition) is 1. The molecule has 0 bridgehead atoms. The molecule has 1 heterocycles. The largest absolute Gasteiger partial charge is 0.363 e. The Labute approximate surface area is 165 Å². The molecule has 3 aromatic rings. The number of amides is 1. The van der Waals surface area contributed by atoms with Crippen molar-refractivity contribution in [2.24, 2.45) is 0 Å². The molecular weight excluding hydrogens is 348 g/mol. The summed E-state index contributed by atoms with van der Waals surface area (Å²) < 4.78 is 0. The minimum absolute atomic E-state index is 0.0580. The van der Waals surface area contributed by atoms with Gasteiger partial charge in [0, 0.05) is 38.0 Å². The molecule has 1 amide bonds. The third-order valence-corrected chi connectivity index (χ3v) is 4.41. The zero-order chi connectivity index (χ0) is 19.9. The van der Waals surface area contributed by atoms with Crippen LogP contribution in [-0.2, 0) is 4.79 Å². The van der Waals surface area contributed by atoms with E-state index in [1.165, 1.54) is 6.08 Å². The van der Waals surface area contributed by atoms with E-state index in [1.54, 1.807) is 12.3 Å². The highest BCUT2D eigenvalue weighted by molar-refractivity contribution is 6.01. The third kappa shape index (κ3) is 5.04. The highest BCUT2D eigenvalue weighted by Gasteiger charge is 2.13. The highest BCUT2D eigenvalue weighted by atomic mass is 16.1. The maximum atomic E-state index is 12.1. The average molecular weight is 372 g/mol. The van der Waals surface area contributed by atoms with Crippen LogP contribution in [0.4, 0.5) is 11.5 Å². The lowest BCUT2D eigenvalue weighted by molar-refractivity contribution is -0.111. The first kappa shape index (κ1) is 19.3. The Morgan fingerprint density at radius 2 is 1.75 bits per heavy atom. The van der Waals surface area contributed by atoms with Crippen molar-refractivity contribution < 1.29 is 4.79 Å². The van der Waals surface area contributed by atoms with Crippen LogP contribution in [0, 0.1) is 0 Å². The van der Waals surface area contributed by atoms with Gasteiger partial charge in [0.25, 0.3) is 0 Å². The normalized spacial score (nSPS) is 12.0. The summed E-state index contributed by atoms with van der Waals surface area (Å²) in [6.45, 7) is 2.07. The maximum absolute atomic E-state index is 12.1. The first-order valence-corrected chi connectivity index (χ1v) is 9.17. The Morgan fingerprint density at radius 3 is 2.43 bits per heavy atom. The fraction of sp³-hybridized carbons (Fsp3) is 0.174. The van der Waals surface area contributed by atoms with Gasteiger partial charge in [-0.25, -0.2) is 9.97 Å². The van der Waals surface area contributed by atoms with Crippen LogP contribution in [0.5, 0.6) is 0 Å². The van der Waals surface area contributed by atoms with E-state index in [9.17, 15) is 4.79 Å². The van der Waals surface area contributed by atoms with Gasteiger partial charge in [0.15, 0.2) is 0 Å². The molecule has 3 rings (SSSR count). The minimum Gasteiger partial charge on any atom is -0.363 e. The van der Waals surface area contributed by atoms with Gasteiger partial charge in [-0.1, -0.05) is 49.4 Å². The van der Waals surface area contributed by atoms with Gasteiger partial charge in [0.2, 0.25) is 5.91 Å². The van der Waals surface area contributed by atoms with Gasteiger partial charge in [0.05, 0.1) is 0 Å². The molecule has 0 aliphatic heterocycles. The second-order valence-electron chi connectivity index (χ2n) is 6.74. The smallest absolute Gasteiger partial charge is 0.248 e. The minimum atomic E-state index is -0.160. The van der Waals surface area contributed by atoms with E-state index in [4.69, 9.17) is 0 Å². The number of carbonyl (C=O) groups excluding carboxylic acids is 1. The molecule has 0 saturated heterocycles. The van der Waals surface area contributed by atoms with Crippen molar-refractivity contribution in [1.29, 1.82) is 0 Å². The van der Waals surface area contributed by atoms with Gasteiger partial charge in [-0.3, -0.25) is 4.79 Å². The summed E-state index contributed by atoms with van der Waals surface area (Å²) in [5.41, 5.74) is 2.83. The molecule has 0 fully saturated rings. The number of nitrogens with zero attached hydrogens (tertiary/aromatic N) is 3. The standard InChI is InChI=1S/C23H24N4O/c1-17(23-24-16-15-21(26-23)27(2)3)19-10-12-20(13-11-19)25-22(28)14-9-18-7-5-4-6-8-18/h4-17H,1-3H3,(H,25,28)/b14-9+. The second kappa shape index (κ2) is 8.95. The summed E-state index contributed by atoms with van der Waals surface area (Å²) in [5, 5.41) is 2.88. The Bertz CT molecular complexity index is 950. The summed E-state index contributed by atoms with van der Waals surface area (Å²) in [4.78, 5) is 23.1. The molecule has 2 aromatic carbocycles. The fourth-order valence-electron chi connectivity index (χ4n) is 2.75. The SMILES string of the molecule is CC(c1ccc(NC(=O)/C=C/c2ccccc2)cc1)c1nccc(N(C)C)n1. The van der Waals surface area contributed by atoms with Gasteiger partial charge in [0.1, 0.15) is 11.6 Å². The van der Waals surface area contributed by atoms with Crippen molar-refractivity contribution in [3.05, 3.63) is 89.9 Å². The van der Waals surface area contributed by atoms with Crippen LogP contribution in [-0.4, -0.2) is 30.0 Å². The zero-order valence-corrected chi connectivity index (χ0v) is 16.3. The molecule has 1 aromatic heterocycles. The maximum Gasteiger partial charge on any atom is 0.248 e. The molecule has 1 unspecified atom stereocenters. The van der Waals surface area contributed by atoms with E-state index < -0.39 is 0 Å². The Morgan fingerprint density at radius 1 is 1.04 bits per heavy atom. The first-order chi connectivity index (χ1) is 13.5. The Balaban J connectivity index is 1.65. The topological polar surface area (TPSA) is 58.1 Å². The number of carbonyl (C=O) groups is 1. The van der Waals surface area contributed by atoms with Crippen molar-refractivity contribution in [3.63, 3.8) is 0 Å². The number of nitrogens with one attached hydrogen (secondary N) is 1. The number of anilines is 2. The predicted octanol–water partition coefficient (Wildman–Crippen LogP) is 4.35. The van der Waals surface area contributed by atoms with Gasteiger partial charge < -0.3 is 10.2 Å². The van der Waals surface area contributed by atoms with Crippen LogP contribution in [0.3, 0.4) is 0 Å². The van der Waals surface area contributed by atoms with Crippen molar-refractivity contribution in [3.8, 4) is 0 Å². The molecule has 0 radical (unpaired) electrons. The van der Waals surface area contributed by atoms with Gasteiger partial charge >= 0.3 is 0 Å². The third-order valence-electron chi connectivity index (χ3n) is 4.41. The van der Waals surface area contributed by atoms with Gasteiger partial charge in [-0.15, -0.1) is 0 Å². The molecule has 142 valence electrons. The molecule has 0 saturated carbocycles. The molecule has 0 aliphatic rings. The Hall–Kier alpha value is -3.47. The van der Waals surface area contributed by atoms with Gasteiger partial charge in [-0.05, 0) is 35.4 Å². The quantitative estimate of drug-likeness (QED) is 0.654. The fourth-order valence-corrected chi connectivity index (χ4v) is 2.75. The molecule has 1 N–H and O–H groups in total. The predicted molar refractivity (Wildman–Crippen MR) is 114 cm³/mol. The van der Waals surface area contributed by atoms with E-state index in [0.29, 0.717) is 0 Å². The second-order valence-corrected chi connectivity index (χ2v) is 6.74. The average Bonchev–Trinajstić information content (AvgIpc) is 2.73. The van der Waals surface area contributed by atoms with Gasteiger partial charge in [-0.2, -0.15) is 0 Å². The van der Waals surface area contributed by atoms with E-state index in [2.05, 4.69) is 22.2 Å². The molecular formula is C23H24N4O. The van der Waals surface area contributed by atoms with Crippen LogP contribution in [0.25, 0.3) is 6.08 Å². The summed E-state index contributed by atoms with van der Waals surface area (Å²) in [7, 11) is 3.92. The first-order valence-electron chi connectivity index (χ1n) is 9.17. The molecule has 0 aliphatic carbocycles. The zero-order valence-electron chi connectivity index (χ0n) is 16.3. The summed E-state index contributed by atoms with van der Waals surface area (Å²) in [6, 6.07) is 19.4. The Kier molecular flexibility index (Phi) is 6.17. The van der Waals surface area contributed by atoms with Crippen LogP contribution in [0.15, 0.2) is 72.9 Å². The van der Waals surface area contributed by atoms with Crippen molar-refractivity contribution >= 4 is 23.5 Å². The highest BCUT2D eigenvalue weighted by Crippen LogP contribution is 2.23. The van der Waals surface area contributed by atoms with Crippen molar-refractivity contribution in [1.82, 2.24) is 9.97 Å². The lowest BCUT2D eigenvalue weighted by atomic mass is 10.00. The molecule has 5 nitrogen and oxygen atoms in total.